The van der Waals surface area contributed by atoms with Crippen molar-refractivity contribution >= 4 is 5.97 Å². The Morgan fingerprint density at radius 1 is 1.14 bits per heavy atom. The van der Waals surface area contributed by atoms with Crippen LogP contribution in [0, 0.1) is 5.41 Å². The fourth-order valence-electron chi connectivity index (χ4n) is 0.477. The van der Waals surface area contributed by atoms with Crippen molar-refractivity contribution in [2.75, 3.05) is 28.2 Å². The molecule has 0 atom stereocenters. The van der Waals surface area contributed by atoms with Gasteiger partial charge in [-0.05, 0) is 18.3 Å². The Balaban J connectivity index is 0. The van der Waals surface area contributed by atoms with Crippen molar-refractivity contribution in [1.82, 2.24) is 0 Å². The van der Waals surface area contributed by atoms with Gasteiger partial charge in [-0.3, -0.25) is 0 Å². The van der Waals surface area contributed by atoms with Crippen LogP contribution in [0.25, 0.3) is 0 Å². The average molecular weight is 203 g/mol. The van der Waals surface area contributed by atoms with Gasteiger partial charge in [-0.1, -0.05) is 20.8 Å². The van der Waals surface area contributed by atoms with E-state index in [9.17, 15) is 9.90 Å². The molecule has 3 nitrogen and oxygen atoms in total. The quantitative estimate of drug-likeness (QED) is 0.625. The molecule has 0 aliphatic carbocycles. The summed E-state index contributed by atoms with van der Waals surface area (Å²) in [5, 5.41) is 9.93. The van der Waals surface area contributed by atoms with Crippen LogP contribution in [-0.2, 0) is 4.79 Å². The highest BCUT2D eigenvalue weighted by Crippen LogP contribution is 2.19. The van der Waals surface area contributed by atoms with Crippen molar-refractivity contribution in [1.29, 1.82) is 0 Å². The van der Waals surface area contributed by atoms with Gasteiger partial charge in [0.2, 0.25) is 0 Å². The number of carbonyl (C=O) groups is 1. The number of aliphatic carboxylic acids is 1. The molecule has 0 saturated carbocycles. The lowest BCUT2D eigenvalue weighted by molar-refractivity contribution is -0.849. The van der Waals surface area contributed by atoms with Gasteiger partial charge in [0, 0.05) is 5.97 Å². The molecule has 86 valence electrons. The second-order valence-electron chi connectivity index (χ2n) is 6.12. The number of rotatable bonds is 2. The van der Waals surface area contributed by atoms with Crippen molar-refractivity contribution in [3.8, 4) is 0 Å². The lowest BCUT2D eigenvalue weighted by Gasteiger charge is -2.17. The third-order valence-electron chi connectivity index (χ3n) is 1.08. The Hall–Kier alpha value is -0.570. The molecular weight excluding hydrogens is 178 g/mol. The summed E-state index contributed by atoms with van der Waals surface area (Å²) in [6.07, 6.45) is 0.860. The van der Waals surface area contributed by atoms with E-state index in [0.29, 0.717) is 6.42 Å². The largest absolute Gasteiger partial charge is 0.550 e. The predicted octanol–water partition coefficient (Wildman–Crippen LogP) is 0.885. The minimum atomic E-state index is -0.954. The molecule has 0 bridgehead atoms. The van der Waals surface area contributed by atoms with Gasteiger partial charge in [0.25, 0.3) is 0 Å². The standard InChI is InChI=1S/C7H14O2.C4H12N/c1-7(2,3)5-4-6(8)9;1-5(2,3)4/h4-5H2,1-3H3,(H,8,9);1-4H3/q;+1/p-1. The first-order chi connectivity index (χ1) is 5.92. The maximum atomic E-state index is 9.93. The van der Waals surface area contributed by atoms with E-state index in [0.717, 1.165) is 4.48 Å². The normalized spacial score (nSPS) is 11.6. The van der Waals surface area contributed by atoms with Gasteiger partial charge in [-0.15, -0.1) is 0 Å². The van der Waals surface area contributed by atoms with E-state index in [-0.39, 0.29) is 11.8 Å². The summed E-state index contributed by atoms with van der Waals surface area (Å²) >= 11 is 0. The van der Waals surface area contributed by atoms with Crippen LogP contribution in [0.5, 0.6) is 0 Å². The third kappa shape index (κ3) is 42.2. The molecule has 0 heterocycles. The molecule has 0 saturated heterocycles. The van der Waals surface area contributed by atoms with Gasteiger partial charge in [0.1, 0.15) is 0 Å². The smallest absolute Gasteiger partial charge is 0.0675 e. The number of carbonyl (C=O) groups excluding carboxylic acids is 1. The number of nitrogens with zero attached hydrogens (tertiary/aromatic N) is 1. The Morgan fingerprint density at radius 3 is 1.50 bits per heavy atom. The van der Waals surface area contributed by atoms with Gasteiger partial charge in [-0.25, -0.2) is 0 Å². The van der Waals surface area contributed by atoms with Crippen molar-refractivity contribution in [2.45, 2.75) is 33.6 Å². The van der Waals surface area contributed by atoms with E-state index in [2.05, 4.69) is 28.2 Å². The fraction of sp³-hybridized carbons (Fsp3) is 0.909. The molecule has 0 amide bonds. The van der Waals surface area contributed by atoms with E-state index in [4.69, 9.17) is 0 Å². The van der Waals surface area contributed by atoms with Crippen molar-refractivity contribution in [3.05, 3.63) is 0 Å². The molecule has 0 rings (SSSR count). The number of hydrogen-bond acceptors (Lipinski definition) is 2. The Morgan fingerprint density at radius 2 is 1.43 bits per heavy atom. The molecule has 0 N–H and O–H groups in total. The summed E-state index contributed by atoms with van der Waals surface area (Å²) in [6, 6.07) is 0. The lowest BCUT2D eigenvalue weighted by atomic mass is 9.91. The zero-order valence-corrected chi connectivity index (χ0v) is 10.7. The first kappa shape index (κ1) is 15.9. The fourth-order valence-corrected chi connectivity index (χ4v) is 0.477. The van der Waals surface area contributed by atoms with Crippen LogP contribution >= 0.6 is 0 Å². The third-order valence-corrected chi connectivity index (χ3v) is 1.08. The van der Waals surface area contributed by atoms with Crippen molar-refractivity contribution < 1.29 is 14.4 Å². The van der Waals surface area contributed by atoms with Crippen LogP contribution in [0.1, 0.15) is 33.6 Å². The van der Waals surface area contributed by atoms with E-state index < -0.39 is 5.97 Å². The second kappa shape index (κ2) is 6.02. The van der Waals surface area contributed by atoms with Crippen LogP contribution in [0.2, 0.25) is 0 Å². The number of carboxylic acids is 1. The summed E-state index contributed by atoms with van der Waals surface area (Å²) < 4.78 is 1.00. The zero-order valence-electron chi connectivity index (χ0n) is 10.7. The van der Waals surface area contributed by atoms with Crippen LogP contribution < -0.4 is 5.11 Å². The highest BCUT2D eigenvalue weighted by atomic mass is 16.4. The molecule has 3 heteroatoms. The maximum Gasteiger partial charge on any atom is 0.0675 e. The van der Waals surface area contributed by atoms with E-state index in [1.165, 1.54) is 0 Å². The molecule has 0 unspecified atom stereocenters. The summed E-state index contributed by atoms with van der Waals surface area (Å²) in [4.78, 5) is 9.93. The van der Waals surface area contributed by atoms with Crippen molar-refractivity contribution in [2.24, 2.45) is 5.41 Å². The molecular formula is C11H25NO2. The van der Waals surface area contributed by atoms with E-state index in [1.807, 2.05) is 20.8 Å². The minimum absolute atomic E-state index is 0.111. The molecule has 14 heavy (non-hydrogen) atoms. The Kier molecular flexibility index (Phi) is 6.82. The Bertz CT molecular complexity index is 157. The summed E-state index contributed by atoms with van der Waals surface area (Å²) in [6.45, 7) is 6.03. The monoisotopic (exact) mass is 203 g/mol. The van der Waals surface area contributed by atoms with Gasteiger partial charge in [-0.2, -0.15) is 0 Å². The van der Waals surface area contributed by atoms with Crippen LogP contribution in [0.3, 0.4) is 0 Å². The minimum Gasteiger partial charge on any atom is -0.550 e. The Labute approximate surface area is 88.3 Å². The second-order valence-corrected chi connectivity index (χ2v) is 6.12. The summed E-state index contributed by atoms with van der Waals surface area (Å²) in [5.74, 6) is -0.954. The number of hydrogen-bond donors (Lipinski definition) is 0. The molecule has 0 aromatic rings. The maximum absolute atomic E-state index is 9.93. The molecule has 0 aliphatic heterocycles. The molecule has 0 fully saturated rings. The molecule has 0 aromatic carbocycles. The molecule has 0 aliphatic rings. The predicted molar refractivity (Wildman–Crippen MR) is 57.7 cm³/mol. The molecule has 0 spiro atoms. The lowest BCUT2D eigenvalue weighted by Crippen LogP contribution is -2.27. The summed E-state index contributed by atoms with van der Waals surface area (Å²) in [5.41, 5.74) is 0.111. The highest BCUT2D eigenvalue weighted by Gasteiger charge is 2.08. The number of quaternary nitrogens is 1. The van der Waals surface area contributed by atoms with E-state index >= 15 is 0 Å². The van der Waals surface area contributed by atoms with Gasteiger partial charge >= 0.3 is 0 Å². The van der Waals surface area contributed by atoms with Crippen LogP contribution in [-0.4, -0.2) is 38.6 Å². The SMILES string of the molecule is CC(C)(C)CCC(=O)[O-].C[N+](C)(C)C. The van der Waals surface area contributed by atoms with Crippen molar-refractivity contribution in [3.63, 3.8) is 0 Å². The molecule has 0 radical (unpaired) electrons. The highest BCUT2D eigenvalue weighted by molar-refractivity contribution is 5.64. The van der Waals surface area contributed by atoms with Crippen LogP contribution in [0.15, 0.2) is 0 Å². The first-order valence-electron chi connectivity index (χ1n) is 4.90. The van der Waals surface area contributed by atoms with Gasteiger partial charge < -0.3 is 14.4 Å². The van der Waals surface area contributed by atoms with E-state index in [1.54, 1.807) is 0 Å². The van der Waals surface area contributed by atoms with Gasteiger partial charge in [0.15, 0.2) is 0 Å². The number of carboxylic acid groups (broad SMARTS) is 1. The topological polar surface area (TPSA) is 40.1 Å². The zero-order chi connectivity index (χ0) is 12.0. The first-order valence-corrected chi connectivity index (χ1v) is 4.90. The average Bonchev–Trinajstić information content (AvgIpc) is 1.77. The van der Waals surface area contributed by atoms with Crippen LogP contribution in [0.4, 0.5) is 0 Å². The summed E-state index contributed by atoms with van der Waals surface area (Å²) in [7, 11) is 8.50. The van der Waals surface area contributed by atoms with Gasteiger partial charge in [0.05, 0.1) is 28.2 Å². The molecule has 0 aromatic heterocycles.